The molecule has 1 unspecified atom stereocenters. The molecule has 0 amide bonds. The molecular formula is C14H19NO2. The van der Waals surface area contributed by atoms with Crippen molar-refractivity contribution in [1.82, 2.24) is 4.98 Å². The average Bonchev–Trinajstić information content (AvgIpc) is 2.69. The minimum absolute atomic E-state index is 0.0760. The zero-order chi connectivity index (χ0) is 12.8. The average molecular weight is 233 g/mol. The Hall–Kier alpha value is -1.61. The van der Waals surface area contributed by atoms with Crippen molar-refractivity contribution in [1.29, 1.82) is 0 Å². The molecule has 0 aliphatic carbocycles. The van der Waals surface area contributed by atoms with Crippen molar-refractivity contribution in [3.63, 3.8) is 0 Å². The maximum atomic E-state index is 11.9. The fourth-order valence-corrected chi connectivity index (χ4v) is 1.49. The van der Waals surface area contributed by atoms with Crippen LogP contribution in [0.1, 0.15) is 30.6 Å². The highest BCUT2D eigenvalue weighted by molar-refractivity contribution is 5.97. The van der Waals surface area contributed by atoms with Crippen molar-refractivity contribution in [2.24, 2.45) is 5.92 Å². The molecule has 3 heteroatoms. The summed E-state index contributed by atoms with van der Waals surface area (Å²) in [5, 5.41) is 10.5. The molecule has 0 aliphatic rings. The Kier molecular flexibility index (Phi) is 4.91. The van der Waals surface area contributed by atoms with Crippen LogP contribution < -0.4 is 10.6 Å². The molecule has 3 nitrogen and oxygen atoms in total. The van der Waals surface area contributed by atoms with Crippen molar-refractivity contribution in [3.05, 3.63) is 34.5 Å². The lowest BCUT2D eigenvalue weighted by molar-refractivity contribution is 0.0877. The predicted octanol–water partition coefficient (Wildman–Crippen LogP) is 0.983. The number of ketones is 1. The summed E-state index contributed by atoms with van der Waals surface area (Å²) in [5.41, 5.74) is 0.558. The third-order valence-corrected chi connectivity index (χ3v) is 2.64. The summed E-state index contributed by atoms with van der Waals surface area (Å²) >= 11 is 0. The number of hydrogen-bond acceptors (Lipinski definition) is 2. The Morgan fingerprint density at radius 2 is 2.35 bits per heavy atom. The quantitative estimate of drug-likeness (QED) is 0.745. The predicted molar refractivity (Wildman–Crippen MR) is 70.0 cm³/mol. The van der Waals surface area contributed by atoms with E-state index >= 15 is 0 Å². The number of H-pyrrole nitrogens is 1. The van der Waals surface area contributed by atoms with Crippen LogP contribution in [0.2, 0.25) is 0 Å². The second-order valence-corrected chi connectivity index (χ2v) is 4.05. The third kappa shape index (κ3) is 3.17. The van der Waals surface area contributed by atoms with E-state index in [1.165, 1.54) is 0 Å². The van der Waals surface area contributed by atoms with E-state index in [0.717, 1.165) is 11.8 Å². The highest BCUT2D eigenvalue weighted by Crippen LogP contribution is 2.01. The van der Waals surface area contributed by atoms with Gasteiger partial charge in [0, 0.05) is 28.2 Å². The molecule has 1 aromatic heterocycles. The first-order valence-electron chi connectivity index (χ1n) is 5.80. The molecule has 1 aromatic rings. The number of Topliss-reactive ketones (excluding diaryl/α,β-unsaturated/α-hetero) is 1. The van der Waals surface area contributed by atoms with Crippen LogP contribution in [0.3, 0.4) is 0 Å². The number of allylic oxidation sites excluding steroid dienone is 2. The highest BCUT2D eigenvalue weighted by atomic mass is 16.3. The van der Waals surface area contributed by atoms with E-state index < -0.39 is 0 Å². The first-order chi connectivity index (χ1) is 8.11. The lowest BCUT2D eigenvalue weighted by Crippen LogP contribution is -2.28. The van der Waals surface area contributed by atoms with Crippen molar-refractivity contribution < 1.29 is 9.90 Å². The molecule has 1 rings (SSSR count). The molecule has 1 atom stereocenters. The van der Waals surface area contributed by atoms with E-state index in [4.69, 9.17) is 5.11 Å². The van der Waals surface area contributed by atoms with E-state index in [1.54, 1.807) is 13.1 Å². The van der Waals surface area contributed by atoms with Crippen molar-refractivity contribution in [2.45, 2.75) is 20.3 Å². The van der Waals surface area contributed by atoms with Crippen molar-refractivity contribution >= 4 is 18.4 Å². The van der Waals surface area contributed by atoms with Gasteiger partial charge in [0.1, 0.15) is 0 Å². The van der Waals surface area contributed by atoms with Crippen LogP contribution in [-0.2, 0) is 0 Å². The summed E-state index contributed by atoms with van der Waals surface area (Å²) in [6, 6.07) is 0. The Bertz CT molecular complexity index is 511. The summed E-state index contributed by atoms with van der Waals surface area (Å²) in [6.07, 6.45) is 8.48. The van der Waals surface area contributed by atoms with Crippen LogP contribution in [0, 0.1) is 5.92 Å². The first-order valence-corrected chi connectivity index (χ1v) is 5.80. The first kappa shape index (κ1) is 13.5. The third-order valence-electron chi connectivity index (χ3n) is 2.64. The largest absolute Gasteiger partial charge is 0.396 e. The SMILES string of the molecule is C=c1c(C(=O)C(C)CO)c[nH]c1=CC=CCC. The minimum Gasteiger partial charge on any atom is -0.396 e. The maximum absolute atomic E-state index is 11.9. The number of aromatic nitrogens is 1. The molecule has 0 aliphatic heterocycles. The van der Waals surface area contributed by atoms with Gasteiger partial charge in [-0.2, -0.15) is 0 Å². The fourth-order valence-electron chi connectivity index (χ4n) is 1.49. The number of aliphatic hydroxyl groups is 1. The molecule has 0 aromatic carbocycles. The summed E-state index contributed by atoms with van der Waals surface area (Å²) in [7, 11) is 0. The Morgan fingerprint density at radius 1 is 1.65 bits per heavy atom. The summed E-state index contributed by atoms with van der Waals surface area (Å²) < 4.78 is 0. The van der Waals surface area contributed by atoms with Gasteiger partial charge in [-0.1, -0.05) is 32.6 Å². The van der Waals surface area contributed by atoms with Gasteiger partial charge in [0.15, 0.2) is 5.78 Å². The summed E-state index contributed by atoms with van der Waals surface area (Å²) in [6.45, 7) is 7.52. The van der Waals surface area contributed by atoms with Crippen LogP contribution in [-0.4, -0.2) is 22.5 Å². The molecule has 2 N–H and O–H groups in total. The van der Waals surface area contributed by atoms with Crippen molar-refractivity contribution in [2.75, 3.05) is 6.61 Å². The van der Waals surface area contributed by atoms with E-state index in [9.17, 15) is 4.79 Å². The molecule has 1 heterocycles. The Labute approximate surface area is 101 Å². The molecule has 0 bridgehead atoms. The van der Waals surface area contributed by atoms with Gasteiger partial charge in [-0.3, -0.25) is 4.79 Å². The minimum atomic E-state index is -0.384. The molecule has 0 saturated carbocycles. The number of carbonyl (C=O) groups is 1. The van der Waals surface area contributed by atoms with E-state index in [-0.39, 0.29) is 18.3 Å². The van der Waals surface area contributed by atoms with Crippen LogP contribution in [0.15, 0.2) is 18.3 Å². The van der Waals surface area contributed by atoms with E-state index in [0.29, 0.717) is 10.8 Å². The van der Waals surface area contributed by atoms with Gasteiger partial charge < -0.3 is 10.1 Å². The van der Waals surface area contributed by atoms with Gasteiger partial charge >= 0.3 is 0 Å². The molecule has 0 saturated heterocycles. The lowest BCUT2D eigenvalue weighted by Gasteiger charge is -2.03. The van der Waals surface area contributed by atoms with Crippen LogP contribution >= 0.6 is 0 Å². The normalized spacial score (nSPS) is 14.4. The summed E-state index contributed by atoms with van der Waals surface area (Å²) in [4.78, 5) is 14.9. The highest BCUT2D eigenvalue weighted by Gasteiger charge is 2.15. The fraction of sp³-hybridized carbons (Fsp3) is 0.357. The van der Waals surface area contributed by atoms with Gasteiger partial charge in [-0.15, -0.1) is 0 Å². The van der Waals surface area contributed by atoms with Crippen molar-refractivity contribution in [3.8, 4) is 0 Å². The van der Waals surface area contributed by atoms with Crippen LogP contribution in [0.25, 0.3) is 12.7 Å². The number of nitrogens with one attached hydrogen (secondary N) is 1. The molecule has 0 spiro atoms. The topological polar surface area (TPSA) is 53.1 Å². The number of hydrogen-bond donors (Lipinski definition) is 2. The smallest absolute Gasteiger partial charge is 0.170 e. The van der Waals surface area contributed by atoms with Gasteiger partial charge in [0.25, 0.3) is 0 Å². The second kappa shape index (κ2) is 6.21. The second-order valence-electron chi connectivity index (χ2n) is 4.05. The molecule has 0 radical (unpaired) electrons. The number of carbonyl (C=O) groups excluding carboxylic acids is 1. The molecular weight excluding hydrogens is 214 g/mol. The lowest BCUT2D eigenvalue weighted by atomic mass is 10.0. The summed E-state index contributed by atoms with van der Waals surface area (Å²) in [5.74, 6) is -0.460. The van der Waals surface area contributed by atoms with E-state index in [1.807, 2.05) is 18.2 Å². The number of aliphatic hydroxyl groups excluding tert-OH is 1. The molecule has 17 heavy (non-hydrogen) atoms. The Balaban J connectivity index is 3.07. The Morgan fingerprint density at radius 3 is 2.94 bits per heavy atom. The van der Waals surface area contributed by atoms with Gasteiger partial charge in [-0.25, -0.2) is 0 Å². The monoisotopic (exact) mass is 233 g/mol. The van der Waals surface area contributed by atoms with E-state index in [2.05, 4.69) is 18.5 Å². The zero-order valence-corrected chi connectivity index (χ0v) is 10.4. The van der Waals surface area contributed by atoms with Gasteiger partial charge in [0.05, 0.1) is 6.61 Å². The van der Waals surface area contributed by atoms with Gasteiger partial charge in [-0.05, 0) is 12.5 Å². The maximum Gasteiger partial charge on any atom is 0.170 e. The zero-order valence-electron chi connectivity index (χ0n) is 10.4. The van der Waals surface area contributed by atoms with Gasteiger partial charge in [0.2, 0.25) is 0 Å². The van der Waals surface area contributed by atoms with Crippen LogP contribution in [0.5, 0.6) is 0 Å². The number of rotatable bonds is 5. The standard InChI is InChI=1S/C14H19NO2/c1-4-5-6-7-13-11(3)12(8-15-13)14(17)10(2)9-16/h5-8,10,15-16H,3-4,9H2,1-2H3. The molecule has 0 fully saturated rings. The molecule has 92 valence electrons. The van der Waals surface area contributed by atoms with Crippen LogP contribution in [0.4, 0.5) is 0 Å². The number of aromatic amines is 1.